The summed E-state index contributed by atoms with van der Waals surface area (Å²) >= 11 is 0. The van der Waals surface area contributed by atoms with Crippen molar-refractivity contribution in [3.63, 3.8) is 0 Å². The maximum Gasteiger partial charge on any atom is 0.221 e. The van der Waals surface area contributed by atoms with Gasteiger partial charge in [0.2, 0.25) is 5.88 Å². The fraction of sp³-hybridized carbons (Fsp3) is 0.0909. The fourth-order valence-electron chi connectivity index (χ4n) is 1.48. The van der Waals surface area contributed by atoms with Gasteiger partial charge in [-0.05, 0) is 12.1 Å². The minimum absolute atomic E-state index is 0.212. The zero-order chi connectivity index (χ0) is 10.8. The number of nitriles is 1. The van der Waals surface area contributed by atoms with Gasteiger partial charge in [-0.2, -0.15) is 5.26 Å². The minimum Gasteiger partial charge on any atom is -0.481 e. The Bertz CT molecular complexity index is 560. The van der Waals surface area contributed by atoms with Crippen LogP contribution in [0, 0.1) is 17.1 Å². The number of aromatic nitrogens is 1. The van der Waals surface area contributed by atoms with Gasteiger partial charge in [-0.1, -0.05) is 6.07 Å². The van der Waals surface area contributed by atoms with Gasteiger partial charge in [0, 0.05) is 17.0 Å². The molecule has 0 bridgehead atoms. The normalized spacial score (nSPS) is 9.93. The molecule has 1 aromatic carbocycles. The maximum atomic E-state index is 13.5. The van der Waals surface area contributed by atoms with Crippen LogP contribution in [0.5, 0.6) is 5.88 Å². The average molecular weight is 202 g/mol. The number of fused-ring (bicyclic) bond motifs is 1. The third-order valence-corrected chi connectivity index (χ3v) is 2.14. The van der Waals surface area contributed by atoms with E-state index in [0.29, 0.717) is 11.3 Å². The second-order valence-corrected chi connectivity index (χ2v) is 2.96. The van der Waals surface area contributed by atoms with Crippen LogP contribution in [0.15, 0.2) is 24.4 Å². The van der Waals surface area contributed by atoms with E-state index in [1.54, 1.807) is 12.1 Å². The van der Waals surface area contributed by atoms with Crippen molar-refractivity contribution < 1.29 is 9.13 Å². The van der Waals surface area contributed by atoms with Crippen molar-refractivity contribution in [1.29, 1.82) is 5.26 Å². The van der Waals surface area contributed by atoms with Gasteiger partial charge in [0.05, 0.1) is 12.7 Å². The highest BCUT2D eigenvalue weighted by atomic mass is 19.1. The van der Waals surface area contributed by atoms with Crippen molar-refractivity contribution in [2.24, 2.45) is 0 Å². The highest BCUT2D eigenvalue weighted by Gasteiger charge is 2.10. The molecule has 0 aliphatic rings. The molecule has 2 rings (SSSR count). The quantitative estimate of drug-likeness (QED) is 0.712. The molecule has 0 N–H and O–H groups in total. The SMILES string of the molecule is COc1ncc(C#N)c2c(F)cccc12. The van der Waals surface area contributed by atoms with Crippen LogP contribution >= 0.6 is 0 Å². The van der Waals surface area contributed by atoms with E-state index in [0.717, 1.165) is 0 Å². The third kappa shape index (κ3) is 1.38. The maximum absolute atomic E-state index is 13.5. The van der Waals surface area contributed by atoms with E-state index in [1.165, 1.54) is 19.4 Å². The number of nitrogens with zero attached hydrogens (tertiary/aromatic N) is 2. The molecule has 0 fully saturated rings. The number of hydrogen-bond acceptors (Lipinski definition) is 3. The van der Waals surface area contributed by atoms with Crippen molar-refractivity contribution in [1.82, 2.24) is 4.98 Å². The molecule has 0 aliphatic carbocycles. The van der Waals surface area contributed by atoms with E-state index in [9.17, 15) is 4.39 Å². The number of benzene rings is 1. The average Bonchev–Trinajstić information content (AvgIpc) is 2.28. The standard InChI is InChI=1S/C11H7FN2O/c1-15-11-8-3-2-4-9(12)10(8)7(5-13)6-14-11/h2-4,6H,1H3. The van der Waals surface area contributed by atoms with Gasteiger partial charge < -0.3 is 4.74 Å². The number of halogens is 1. The van der Waals surface area contributed by atoms with Gasteiger partial charge in [0.15, 0.2) is 0 Å². The molecule has 0 spiro atoms. The lowest BCUT2D eigenvalue weighted by molar-refractivity contribution is 0.403. The molecular weight excluding hydrogens is 195 g/mol. The topological polar surface area (TPSA) is 45.9 Å². The van der Waals surface area contributed by atoms with Crippen LogP contribution in [0.4, 0.5) is 4.39 Å². The molecular formula is C11H7FN2O. The predicted octanol–water partition coefficient (Wildman–Crippen LogP) is 2.25. The molecule has 0 atom stereocenters. The molecule has 4 heteroatoms. The molecule has 15 heavy (non-hydrogen) atoms. The number of hydrogen-bond donors (Lipinski definition) is 0. The first-order valence-corrected chi connectivity index (χ1v) is 4.29. The Hall–Kier alpha value is -2.15. The predicted molar refractivity (Wildman–Crippen MR) is 53.0 cm³/mol. The van der Waals surface area contributed by atoms with Crippen LogP contribution in [-0.4, -0.2) is 12.1 Å². The summed E-state index contributed by atoms with van der Waals surface area (Å²) in [6.07, 6.45) is 1.31. The lowest BCUT2D eigenvalue weighted by atomic mass is 10.1. The van der Waals surface area contributed by atoms with Gasteiger partial charge in [0.1, 0.15) is 11.9 Å². The molecule has 74 valence electrons. The summed E-state index contributed by atoms with van der Waals surface area (Å²) in [4.78, 5) is 3.93. The second-order valence-electron chi connectivity index (χ2n) is 2.96. The molecule has 0 saturated heterocycles. The van der Waals surface area contributed by atoms with Crippen LogP contribution < -0.4 is 4.74 Å². The molecule has 0 aliphatic heterocycles. The monoisotopic (exact) mass is 202 g/mol. The summed E-state index contributed by atoms with van der Waals surface area (Å²) in [5.41, 5.74) is 0.212. The summed E-state index contributed by atoms with van der Waals surface area (Å²) in [6, 6.07) is 6.44. The summed E-state index contributed by atoms with van der Waals surface area (Å²) in [5, 5.41) is 9.59. The summed E-state index contributed by atoms with van der Waals surface area (Å²) in [6.45, 7) is 0. The molecule has 2 aromatic rings. The second kappa shape index (κ2) is 3.54. The van der Waals surface area contributed by atoms with Gasteiger partial charge in [-0.15, -0.1) is 0 Å². The van der Waals surface area contributed by atoms with Crippen LogP contribution in [0.1, 0.15) is 5.56 Å². The third-order valence-electron chi connectivity index (χ3n) is 2.14. The molecule has 3 nitrogen and oxygen atoms in total. The largest absolute Gasteiger partial charge is 0.481 e. The molecule has 0 unspecified atom stereocenters. The van der Waals surface area contributed by atoms with E-state index in [-0.39, 0.29) is 10.9 Å². The Kier molecular flexibility index (Phi) is 2.22. The van der Waals surface area contributed by atoms with E-state index in [2.05, 4.69) is 4.98 Å². The number of methoxy groups -OCH3 is 1. The first-order valence-electron chi connectivity index (χ1n) is 4.29. The number of ether oxygens (including phenoxy) is 1. The van der Waals surface area contributed by atoms with Gasteiger partial charge in [-0.3, -0.25) is 0 Å². The lowest BCUT2D eigenvalue weighted by Crippen LogP contribution is -1.93. The smallest absolute Gasteiger partial charge is 0.221 e. The van der Waals surface area contributed by atoms with E-state index in [1.807, 2.05) is 6.07 Å². The Morgan fingerprint density at radius 3 is 2.93 bits per heavy atom. The van der Waals surface area contributed by atoms with Gasteiger partial charge in [-0.25, -0.2) is 9.37 Å². The number of rotatable bonds is 1. The molecule has 0 radical (unpaired) electrons. The molecule has 1 heterocycles. The van der Waals surface area contributed by atoms with Crippen molar-refractivity contribution in [2.45, 2.75) is 0 Å². The summed E-state index contributed by atoms with van der Waals surface area (Å²) in [5.74, 6) is -0.117. The zero-order valence-corrected chi connectivity index (χ0v) is 7.99. The fourth-order valence-corrected chi connectivity index (χ4v) is 1.48. The van der Waals surface area contributed by atoms with Crippen LogP contribution in [0.2, 0.25) is 0 Å². The first kappa shape index (κ1) is 9.41. The van der Waals surface area contributed by atoms with E-state index >= 15 is 0 Å². The van der Waals surface area contributed by atoms with Crippen molar-refractivity contribution in [3.8, 4) is 11.9 Å². The Balaban J connectivity index is 2.94. The van der Waals surface area contributed by atoms with Gasteiger partial charge in [0.25, 0.3) is 0 Å². The Morgan fingerprint density at radius 1 is 1.47 bits per heavy atom. The van der Waals surface area contributed by atoms with E-state index in [4.69, 9.17) is 10.00 Å². The Labute approximate surface area is 85.7 Å². The van der Waals surface area contributed by atoms with Crippen LogP contribution in [-0.2, 0) is 0 Å². The van der Waals surface area contributed by atoms with Crippen LogP contribution in [0.25, 0.3) is 10.8 Å². The van der Waals surface area contributed by atoms with Crippen molar-refractivity contribution in [2.75, 3.05) is 7.11 Å². The minimum atomic E-state index is -0.440. The summed E-state index contributed by atoms with van der Waals surface area (Å²) in [7, 11) is 1.46. The van der Waals surface area contributed by atoms with E-state index < -0.39 is 5.82 Å². The highest BCUT2D eigenvalue weighted by molar-refractivity contribution is 5.91. The Morgan fingerprint density at radius 2 is 2.27 bits per heavy atom. The van der Waals surface area contributed by atoms with Crippen molar-refractivity contribution >= 4 is 10.8 Å². The molecule has 0 saturated carbocycles. The molecule has 1 aromatic heterocycles. The number of pyridine rings is 1. The molecule has 0 amide bonds. The van der Waals surface area contributed by atoms with Gasteiger partial charge >= 0.3 is 0 Å². The van der Waals surface area contributed by atoms with Crippen molar-refractivity contribution in [3.05, 3.63) is 35.8 Å². The first-order chi connectivity index (χ1) is 7.27. The van der Waals surface area contributed by atoms with Crippen LogP contribution in [0.3, 0.4) is 0 Å². The zero-order valence-electron chi connectivity index (χ0n) is 7.99. The highest BCUT2D eigenvalue weighted by Crippen LogP contribution is 2.27. The lowest BCUT2D eigenvalue weighted by Gasteiger charge is -2.05. The summed E-state index contributed by atoms with van der Waals surface area (Å²) < 4.78 is 18.5.